The Morgan fingerprint density at radius 2 is 1.92 bits per heavy atom. The summed E-state index contributed by atoms with van der Waals surface area (Å²) in [4.78, 5) is 28.3. The predicted octanol–water partition coefficient (Wildman–Crippen LogP) is 2.97. The van der Waals surface area contributed by atoms with Gasteiger partial charge < -0.3 is 15.5 Å². The van der Waals surface area contributed by atoms with Crippen molar-refractivity contribution in [3.8, 4) is 0 Å². The number of benzene rings is 1. The maximum absolute atomic E-state index is 13.3. The quantitative estimate of drug-likeness (QED) is 0.890. The molecule has 6 heteroatoms. The van der Waals surface area contributed by atoms with E-state index in [1.807, 2.05) is 34.5 Å². The first-order valence-corrected chi connectivity index (χ1v) is 9.59. The number of thiophene rings is 1. The summed E-state index contributed by atoms with van der Waals surface area (Å²) in [5.74, 6) is -0.144. The summed E-state index contributed by atoms with van der Waals surface area (Å²) in [6.07, 6.45) is 3.11. The third kappa shape index (κ3) is 3.19. The lowest BCUT2D eigenvalue weighted by atomic mass is 10.1. The lowest BCUT2D eigenvalue weighted by Crippen LogP contribution is -2.42. The van der Waals surface area contributed by atoms with E-state index in [1.165, 1.54) is 11.3 Å². The molecule has 2 unspecified atom stereocenters. The second-order valence-corrected chi connectivity index (χ2v) is 7.51. The van der Waals surface area contributed by atoms with Crippen molar-refractivity contribution in [1.29, 1.82) is 0 Å². The topological polar surface area (TPSA) is 61.4 Å². The summed E-state index contributed by atoms with van der Waals surface area (Å²) in [5.41, 5.74) is 1.16. The van der Waals surface area contributed by atoms with Crippen LogP contribution in [-0.2, 0) is 0 Å². The van der Waals surface area contributed by atoms with Gasteiger partial charge in [-0.2, -0.15) is 0 Å². The molecule has 0 saturated carbocycles. The van der Waals surface area contributed by atoms with Gasteiger partial charge >= 0.3 is 0 Å². The lowest BCUT2D eigenvalue weighted by Gasteiger charge is -2.28. The van der Waals surface area contributed by atoms with Crippen LogP contribution in [0.4, 0.5) is 5.69 Å². The van der Waals surface area contributed by atoms with Crippen LogP contribution in [0, 0.1) is 0 Å². The van der Waals surface area contributed by atoms with E-state index in [-0.39, 0.29) is 17.9 Å². The van der Waals surface area contributed by atoms with Gasteiger partial charge in [-0.3, -0.25) is 9.59 Å². The van der Waals surface area contributed by atoms with E-state index in [0.717, 1.165) is 32.4 Å². The van der Waals surface area contributed by atoms with Crippen molar-refractivity contribution in [2.45, 2.75) is 31.3 Å². The van der Waals surface area contributed by atoms with Crippen LogP contribution in [0.15, 0.2) is 41.8 Å². The number of carbonyl (C=O) groups excluding carboxylic acids is 2. The van der Waals surface area contributed by atoms with Crippen molar-refractivity contribution in [2.75, 3.05) is 18.4 Å². The molecular weight excluding hydrogens is 334 g/mol. The molecular formula is C19H21N3O2S. The fourth-order valence-corrected chi connectivity index (χ4v) is 4.44. The highest BCUT2D eigenvalue weighted by Crippen LogP contribution is 2.31. The molecule has 0 aliphatic carbocycles. The summed E-state index contributed by atoms with van der Waals surface area (Å²) in [5, 5.41) is 8.19. The monoisotopic (exact) mass is 355 g/mol. The molecule has 25 heavy (non-hydrogen) atoms. The summed E-state index contributed by atoms with van der Waals surface area (Å²) in [6.45, 7) is 1.81. The van der Waals surface area contributed by atoms with E-state index in [2.05, 4.69) is 10.6 Å². The number of fused-ring (bicyclic) bond motifs is 2. The first-order chi connectivity index (χ1) is 12.2. The van der Waals surface area contributed by atoms with E-state index in [1.54, 1.807) is 12.1 Å². The van der Waals surface area contributed by atoms with Crippen molar-refractivity contribution in [1.82, 2.24) is 10.2 Å². The number of hydrogen-bond acceptors (Lipinski definition) is 4. The summed E-state index contributed by atoms with van der Waals surface area (Å²) < 4.78 is 0. The number of carbonyl (C=O) groups is 2. The minimum absolute atomic E-state index is 0.0262. The van der Waals surface area contributed by atoms with E-state index in [9.17, 15) is 9.59 Å². The van der Waals surface area contributed by atoms with Crippen LogP contribution in [0.5, 0.6) is 0 Å². The minimum Gasteiger partial charge on any atom is -0.331 e. The molecule has 2 bridgehead atoms. The Bertz CT molecular complexity index is 761. The molecule has 2 saturated heterocycles. The second-order valence-electron chi connectivity index (χ2n) is 6.57. The van der Waals surface area contributed by atoms with E-state index < -0.39 is 0 Å². The van der Waals surface area contributed by atoms with Gasteiger partial charge in [-0.1, -0.05) is 18.2 Å². The number of amides is 2. The molecule has 2 amide bonds. The zero-order valence-corrected chi connectivity index (χ0v) is 14.7. The molecule has 3 heterocycles. The second kappa shape index (κ2) is 6.98. The molecule has 5 nitrogen and oxygen atoms in total. The van der Waals surface area contributed by atoms with Crippen LogP contribution in [0.3, 0.4) is 0 Å². The molecule has 2 aromatic rings. The van der Waals surface area contributed by atoms with Gasteiger partial charge in [0, 0.05) is 18.6 Å². The van der Waals surface area contributed by atoms with Gasteiger partial charge in [-0.15, -0.1) is 11.3 Å². The standard InChI is InChI=1S/C19H21N3O2S/c23-18(17-6-3-11-25-17)21-16-5-2-1-4-15(16)19(24)22-13-7-8-14(22)12-20-10-9-13/h1-6,11,13-14,20H,7-10,12H2,(H,21,23). The molecule has 2 atom stereocenters. The highest BCUT2D eigenvalue weighted by atomic mass is 32.1. The van der Waals surface area contributed by atoms with Gasteiger partial charge in [0.2, 0.25) is 0 Å². The van der Waals surface area contributed by atoms with Crippen LogP contribution < -0.4 is 10.6 Å². The molecule has 130 valence electrons. The summed E-state index contributed by atoms with van der Waals surface area (Å²) >= 11 is 1.39. The summed E-state index contributed by atoms with van der Waals surface area (Å²) in [7, 11) is 0. The van der Waals surface area contributed by atoms with Gasteiger partial charge in [0.15, 0.2) is 0 Å². The first kappa shape index (κ1) is 16.3. The van der Waals surface area contributed by atoms with E-state index in [0.29, 0.717) is 22.2 Å². The van der Waals surface area contributed by atoms with E-state index >= 15 is 0 Å². The minimum atomic E-state index is -0.171. The van der Waals surface area contributed by atoms with Crippen LogP contribution in [0.1, 0.15) is 39.3 Å². The van der Waals surface area contributed by atoms with Crippen molar-refractivity contribution < 1.29 is 9.59 Å². The largest absolute Gasteiger partial charge is 0.331 e. The summed E-state index contributed by atoms with van der Waals surface area (Å²) in [6, 6.07) is 11.5. The zero-order chi connectivity index (χ0) is 17.2. The van der Waals surface area contributed by atoms with Crippen LogP contribution in [0.2, 0.25) is 0 Å². The van der Waals surface area contributed by atoms with Crippen molar-refractivity contribution in [3.63, 3.8) is 0 Å². The highest BCUT2D eigenvalue weighted by Gasteiger charge is 2.38. The van der Waals surface area contributed by atoms with Crippen molar-refractivity contribution in [2.24, 2.45) is 0 Å². The van der Waals surface area contributed by atoms with Crippen LogP contribution >= 0.6 is 11.3 Å². The highest BCUT2D eigenvalue weighted by molar-refractivity contribution is 7.12. The molecule has 1 aromatic heterocycles. The Kier molecular flexibility index (Phi) is 4.55. The number of rotatable bonds is 3. The van der Waals surface area contributed by atoms with Crippen LogP contribution in [0.25, 0.3) is 0 Å². The average Bonchev–Trinajstić information content (AvgIpc) is 3.22. The fraction of sp³-hybridized carbons (Fsp3) is 0.368. The molecule has 2 aliphatic heterocycles. The molecule has 2 aliphatic rings. The Hall–Kier alpha value is -2.18. The zero-order valence-electron chi connectivity index (χ0n) is 13.9. The van der Waals surface area contributed by atoms with Gasteiger partial charge in [0.05, 0.1) is 16.1 Å². The predicted molar refractivity (Wildman–Crippen MR) is 99.2 cm³/mol. The molecule has 4 rings (SSSR count). The average molecular weight is 355 g/mol. The number of hydrogen-bond donors (Lipinski definition) is 2. The molecule has 2 fully saturated rings. The third-order valence-electron chi connectivity index (χ3n) is 5.04. The Morgan fingerprint density at radius 1 is 1.08 bits per heavy atom. The Balaban J connectivity index is 1.60. The van der Waals surface area contributed by atoms with Gasteiger partial charge in [-0.05, 0) is 49.4 Å². The number of nitrogens with zero attached hydrogens (tertiary/aromatic N) is 1. The molecule has 0 radical (unpaired) electrons. The Morgan fingerprint density at radius 3 is 2.76 bits per heavy atom. The van der Waals surface area contributed by atoms with Gasteiger partial charge in [0.1, 0.15) is 0 Å². The van der Waals surface area contributed by atoms with E-state index in [4.69, 9.17) is 0 Å². The number of nitrogens with one attached hydrogen (secondary N) is 2. The lowest BCUT2D eigenvalue weighted by molar-refractivity contribution is 0.0681. The maximum Gasteiger partial charge on any atom is 0.265 e. The van der Waals surface area contributed by atoms with Crippen molar-refractivity contribution >= 4 is 28.8 Å². The molecule has 1 aromatic carbocycles. The third-order valence-corrected chi connectivity index (χ3v) is 5.91. The maximum atomic E-state index is 13.3. The number of para-hydroxylation sites is 1. The molecule has 0 spiro atoms. The van der Waals surface area contributed by atoms with Gasteiger partial charge in [-0.25, -0.2) is 0 Å². The van der Waals surface area contributed by atoms with Gasteiger partial charge in [0.25, 0.3) is 11.8 Å². The Labute approximate surface area is 151 Å². The SMILES string of the molecule is O=C(Nc1ccccc1C(=O)N1C2CCNCC1CC2)c1cccs1. The number of anilines is 1. The molecule has 2 N–H and O–H groups in total. The first-order valence-electron chi connectivity index (χ1n) is 8.71. The van der Waals surface area contributed by atoms with Crippen LogP contribution in [-0.4, -0.2) is 41.9 Å². The fourth-order valence-electron chi connectivity index (χ4n) is 3.82. The van der Waals surface area contributed by atoms with Crippen molar-refractivity contribution in [3.05, 3.63) is 52.2 Å². The smallest absolute Gasteiger partial charge is 0.265 e. The normalized spacial score (nSPS) is 22.5.